The summed E-state index contributed by atoms with van der Waals surface area (Å²) in [5, 5.41) is 2.47. The first-order chi connectivity index (χ1) is 10.8. The van der Waals surface area contributed by atoms with Crippen LogP contribution in [0.25, 0.3) is 0 Å². The second-order valence-corrected chi connectivity index (χ2v) is 4.88. The van der Waals surface area contributed by atoms with E-state index in [4.69, 9.17) is 0 Å². The van der Waals surface area contributed by atoms with Crippen molar-refractivity contribution in [3.8, 4) is 0 Å². The van der Waals surface area contributed by atoms with Crippen LogP contribution in [-0.4, -0.2) is 25.0 Å². The van der Waals surface area contributed by atoms with Crippen molar-refractivity contribution in [3.05, 3.63) is 48.0 Å². The number of esters is 1. The van der Waals surface area contributed by atoms with E-state index in [9.17, 15) is 22.8 Å². The summed E-state index contributed by atoms with van der Waals surface area (Å²) in [5.74, 6) is -1.16. The quantitative estimate of drug-likeness (QED) is 0.618. The zero-order chi connectivity index (χ0) is 17.5. The fourth-order valence-corrected chi connectivity index (χ4v) is 1.96. The second-order valence-electron chi connectivity index (χ2n) is 4.88. The summed E-state index contributed by atoms with van der Waals surface area (Å²) < 4.78 is 42.5. The van der Waals surface area contributed by atoms with E-state index in [-0.39, 0.29) is 12.0 Å². The molecule has 126 valence electrons. The summed E-state index contributed by atoms with van der Waals surface area (Å²) in [6.07, 6.45) is -2.33. The summed E-state index contributed by atoms with van der Waals surface area (Å²) in [6.45, 7) is 3.53. The second kappa shape index (κ2) is 8.36. The Balaban J connectivity index is 2.74. The molecule has 0 bridgehead atoms. The third kappa shape index (κ3) is 6.14. The molecule has 1 rings (SSSR count). The first kappa shape index (κ1) is 18.7. The van der Waals surface area contributed by atoms with Gasteiger partial charge in [-0.2, -0.15) is 13.2 Å². The van der Waals surface area contributed by atoms with Crippen LogP contribution in [0.2, 0.25) is 0 Å². The van der Waals surface area contributed by atoms with Crippen LogP contribution in [0.5, 0.6) is 0 Å². The molecular weight excluding hydrogens is 311 g/mol. The number of halogens is 3. The molecule has 0 saturated heterocycles. The lowest BCUT2D eigenvalue weighted by Gasteiger charge is -2.16. The number of benzene rings is 1. The highest BCUT2D eigenvalue weighted by Crippen LogP contribution is 2.29. The first-order valence-corrected chi connectivity index (χ1v) is 6.92. The SMILES string of the molecule is C=CCC[C@@H](NC(=O)Cc1cccc(C(F)(F)F)c1)C(=O)OC. The van der Waals surface area contributed by atoms with Crippen molar-refractivity contribution in [2.24, 2.45) is 0 Å². The van der Waals surface area contributed by atoms with Crippen molar-refractivity contribution >= 4 is 11.9 Å². The maximum Gasteiger partial charge on any atom is 0.416 e. The standard InChI is InChI=1S/C16H18F3NO3/c1-3-4-8-13(15(22)23-2)20-14(21)10-11-6-5-7-12(9-11)16(17,18)19/h3,5-7,9,13H,1,4,8,10H2,2H3,(H,20,21)/t13-/m1/s1. The van der Waals surface area contributed by atoms with Gasteiger partial charge in [-0.15, -0.1) is 6.58 Å². The first-order valence-electron chi connectivity index (χ1n) is 6.92. The van der Waals surface area contributed by atoms with E-state index in [1.165, 1.54) is 19.2 Å². The van der Waals surface area contributed by atoms with Crippen LogP contribution in [0, 0.1) is 0 Å². The smallest absolute Gasteiger partial charge is 0.416 e. The van der Waals surface area contributed by atoms with Crippen LogP contribution in [0.4, 0.5) is 13.2 Å². The molecule has 0 aliphatic rings. The Kier molecular flexibility index (Phi) is 6.81. The number of carbonyl (C=O) groups is 2. The predicted molar refractivity (Wildman–Crippen MR) is 78.5 cm³/mol. The Bertz CT molecular complexity index is 570. The molecular formula is C16H18F3NO3. The fourth-order valence-electron chi connectivity index (χ4n) is 1.96. The van der Waals surface area contributed by atoms with E-state index in [0.717, 1.165) is 12.1 Å². The van der Waals surface area contributed by atoms with Crippen LogP contribution < -0.4 is 5.32 Å². The summed E-state index contributed by atoms with van der Waals surface area (Å²) >= 11 is 0. The molecule has 4 nitrogen and oxygen atoms in total. The number of ether oxygens (including phenoxy) is 1. The van der Waals surface area contributed by atoms with Gasteiger partial charge in [-0.05, 0) is 24.5 Å². The van der Waals surface area contributed by atoms with Gasteiger partial charge in [0, 0.05) is 0 Å². The van der Waals surface area contributed by atoms with Crippen molar-refractivity contribution in [1.82, 2.24) is 5.32 Å². The van der Waals surface area contributed by atoms with Crippen LogP contribution in [-0.2, 0) is 26.9 Å². The highest BCUT2D eigenvalue weighted by atomic mass is 19.4. The third-order valence-corrected chi connectivity index (χ3v) is 3.10. The molecule has 1 aromatic rings. The molecule has 1 atom stereocenters. The van der Waals surface area contributed by atoms with Crippen LogP contribution in [0.15, 0.2) is 36.9 Å². The lowest BCUT2D eigenvalue weighted by Crippen LogP contribution is -2.42. The highest BCUT2D eigenvalue weighted by Gasteiger charge is 2.30. The van der Waals surface area contributed by atoms with E-state index in [2.05, 4.69) is 16.6 Å². The molecule has 1 aromatic carbocycles. The number of amides is 1. The molecule has 0 heterocycles. The third-order valence-electron chi connectivity index (χ3n) is 3.10. The van der Waals surface area contributed by atoms with Gasteiger partial charge in [-0.3, -0.25) is 4.79 Å². The Morgan fingerprint density at radius 2 is 2.09 bits per heavy atom. The topological polar surface area (TPSA) is 55.4 Å². The van der Waals surface area contributed by atoms with Crippen molar-refractivity contribution in [2.45, 2.75) is 31.5 Å². The number of methoxy groups -OCH3 is 1. The molecule has 0 saturated carbocycles. The average Bonchev–Trinajstić information content (AvgIpc) is 2.50. The van der Waals surface area contributed by atoms with Crippen LogP contribution in [0.1, 0.15) is 24.0 Å². The molecule has 0 aliphatic carbocycles. The van der Waals surface area contributed by atoms with Gasteiger partial charge in [0.2, 0.25) is 5.91 Å². The molecule has 1 amide bonds. The summed E-state index contributed by atoms with van der Waals surface area (Å²) in [7, 11) is 1.20. The van der Waals surface area contributed by atoms with Gasteiger partial charge in [0.25, 0.3) is 0 Å². The number of alkyl halides is 3. The molecule has 0 aromatic heterocycles. The summed E-state index contributed by atoms with van der Waals surface area (Å²) in [6, 6.07) is 3.66. The number of nitrogens with one attached hydrogen (secondary N) is 1. The Morgan fingerprint density at radius 1 is 1.39 bits per heavy atom. The minimum Gasteiger partial charge on any atom is -0.467 e. The number of hydrogen-bond donors (Lipinski definition) is 1. The van der Waals surface area contributed by atoms with Gasteiger partial charge >= 0.3 is 12.1 Å². The van der Waals surface area contributed by atoms with Crippen molar-refractivity contribution in [2.75, 3.05) is 7.11 Å². The molecule has 0 spiro atoms. The van der Waals surface area contributed by atoms with E-state index in [1.807, 2.05) is 0 Å². The van der Waals surface area contributed by atoms with Gasteiger partial charge in [0.05, 0.1) is 19.1 Å². The molecule has 0 radical (unpaired) electrons. The molecule has 0 aliphatic heterocycles. The number of carbonyl (C=O) groups excluding carboxylic acids is 2. The van der Waals surface area contributed by atoms with E-state index in [0.29, 0.717) is 12.8 Å². The molecule has 0 unspecified atom stereocenters. The van der Waals surface area contributed by atoms with Gasteiger partial charge < -0.3 is 10.1 Å². The Hall–Kier alpha value is -2.31. The van der Waals surface area contributed by atoms with Crippen LogP contribution >= 0.6 is 0 Å². The monoisotopic (exact) mass is 329 g/mol. The Labute approximate surface area is 132 Å². The van der Waals surface area contributed by atoms with Gasteiger partial charge in [-0.25, -0.2) is 4.79 Å². The van der Waals surface area contributed by atoms with Gasteiger partial charge in [0.1, 0.15) is 6.04 Å². The number of rotatable bonds is 7. The normalized spacial score (nSPS) is 12.3. The van der Waals surface area contributed by atoms with E-state index < -0.39 is 29.7 Å². The number of hydrogen-bond acceptors (Lipinski definition) is 3. The number of allylic oxidation sites excluding steroid dienone is 1. The van der Waals surface area contributed by atoms with Crippen molar-refractivity contribution in [3.63, 3.8) is 0 Å². The lowest BCUT2D eigenvalue weighted by molar-refractivity contribution is -0.145. The zero-order valence-corrected chi connectivity index (χ0v) is 12.7. The summed E-state index contributed by atoms with van der Waals surface area (Å²) in [4.78, 5) is 23.5. The van der Waals surface area contributed by atoms with Gasteiger partial charge in [-0.1, -0.05) is 24.3 Å². The molecule has 0 fully saturated rings. The van der Waals surface area contributed by atoms with Crippen LogP contribution in [0.3, 0.4) is 0 Å². The summed E-state index contributed by atoms with van der Waals surface area (Å²) in [5.41, 5.74) is -0.608. The lowest BCUT2D eigenvalue weighted by atomic mass is 10.1. The fraction of sp³-hybridized carbons (Fsp3) is 0.375. The maximum atomic E-state index is 12.6. The largest absolute Gasteiger partial charge is 0.467 e. The highest BCUT2D eigenvalue weighted by molar-refractivity contribution is 5.85. The molecule has 1 N–H and O–H groups in total. The zero-order valence-electron chi connectivity index (χ0n) is 12.7. The van der Waals surface area contributed by atoms with Gasteiger partial charge in [0.15, 0.2) is 0 Å². The minimum atomic E-state index is -4.47. The van der Waals surface area contributed by atoms with Crippen molar-refractivity contribution < 1.29 is 27.5 Å². The molecule has 23 heavy (non-hydrogen) atoms. The van der Waals surface area contributed by atoms with E-state index >= 15 is 0 Å². The molecule has 7 heteroatoms. The van der Waals surface area contributed by atoms with E-state index in [1.54, 1.807) is 6.08 Å². The van der Waals surface area contributed by atoms with Crippen molar-refractivity contribution in [1.29, 1.82) is 0 Å². The minimum absolute atomic E-state index is 0.213. The maximum absolute atomic E-state index is 12.6. The average molecular weight is 329 g/mol. The Morgan fingerprint density at radius 3 is 2.65 bits per heavy atom. The predicted octanol–water partition coefficient (Wildman–Crippen LogP) is 2.87.